The molecule has 0 saturated heterocycles. The molecule has 2 N–H and O–H groups in total. The molecule has 0 saturated carbocycles. The van der Waals surface area contributed by atoms with Gasteiger partial charge in [0.25, 0.3) is 0 Å². The summed E-state index contributed by atoms with van der Waals surface area (Å²) in [6.45, 7) is 10.3. The maximum Gasteiger partial charge on any atom is 0.321 e. The summed E-state index contributed by atoms with van der Waals surface area (Å²) < 4.78 is 1.97. The molecule has 0 radical (unpaired) electrons. The first kappa shape index (κ1) is 20.0. The molecular weight excluding hydrogens is 350 g/mol. The molecule has 0 spiro atoms. The molecule has 7 nitrogen and oxygen atoms in total. The van der Waals surface area contributed by atoms with E-state index in [1.165, 1.54) is 11.8 Å². The van der Waals surface area contributed by atoms with Crippen LogP contribution in [-0.4, -0.2) is 38.0 Å². The number of rotatable bonds is 5. The maximum atomic E-state index is 12.0. The second-order valence-electron chi connectivity index (χ2n) is 6.91. The fourth-order valence-corrected chi connectivity index (χ4v) is 3.17. The molecule has 2 rings (SSSR count). The molecule has 3 amide bonds. The summed E-state index contributed by atoms with van der Waals surface area (Å²) in [7, 11) is 0. The van der Waals surface area contributed by atoms with Gasteiger partial charge in [0.15, 0.2) is 11.0 Å². The predicted octanol–water partition coefficient (Wildman–Crippen LogP) is 2.99. The van der Waals surface area contributed by atoms with Gasteiger partial charge in [-0.15, -0.1) is 10.2 Å². The van der Waals surface area contributed by atoms with Crippen molar-refractivity contribution in [2.45, 2.75) is 51.9 Å². The largest absolute Gasteiger partial charge is 0.333 e. The number of aromatic nitrogens is 3. The molecule has 0 bridgehead atoms. The molecule has 140 valence electrons. The van der Waals surface area contributed by atoms with Crippen molar-refractivity contribution in [3.8, 4) is 11.4 Å². The number of aryl methyl sites for hydroxylation is 1. The van der Waals surface area contributed by atoms with Gasteiger partial charge < -0.3 is 9.88 Å². The lowest BCUT2D eigenvalue weighted by Crippen LogP contribution is -2.48. The van der Waals surface area contributed by atoms with Gasteiger partial charge in [-0.3, -0.25) is 10.1 Å². The summed E-state index contributed by atoms with van der Waals surface area (Å²) in [5, 5.41) is 14.2. The molecule has 1 aromatic carbocycles. The van der Waals surface area contributed by atoms with Crippen LogP contribution in [0.3, 0.4) is 0 Å². The van der Waals surface area contributed by atoms with E-state index in [1.54, 1.807) is 0 Å². The lowest BCUT2D eigenvalue weighted by Gasteiger charge is -2.20. The molecule has 0 unspecified atom stereocenters. The lowest BCUT2D eigenvalue weighted by molar-refractivity contribution is -0.117. The summed E-state index contributed by atoms with van der Waals surface area (Å²) in [4.78, 5) is 23.7. The SMILES string of the molecule is CCn1c(SCC(=O)NC(=O)NC(C)(C)C)nnc1-c1ccccc1C. The van der Waals surface area contributed by atoms with E-state index in [1.807, 2.05) is 63.5 Å². The van der Waals surface area contributed by atoms with E-state index in [9.17, 15) is 9.59 Å². The minimum atomic E-state index is -0.499. The van der Waals surface area contributed by atoms with Crippen LogP contribution >= 0.6 is 11.8 Å². The van der Waals surface area contributed by atoms with Gasteiger partial charge in [0.2, 0.25) is 5.91 Å². The number of nitrogens with one attached hydrogen (secondary N) is 2. The number of nitrogens with zero attached hydrogens (tertiary/aromatic N) is 3. The Bertz CT molecular complexity index is 795. The van der Waals surface area contributed by atoms with Gasteiger partial charge in [-0.25, -0.2) is 4.79 Å². The monoisotopic (exact) mass is 375 g/mol. The number of thioether (sulfide) groups is 1. The molecule has 0 aliphatic heterocycles. The number of hydrogen-bond donors (Lipinski definition) is 2. The van der Waals surface area contributed by atoms with Gasteiger partial charge in [0, 0.05) is 17.6 Å². The van der Waals surface area contributed by atoms with E-state index < -0.39 is 11.6 Å². The van der Waals surface area contributed by atoms with Gasteiger partial charge in [-0.05, 0) is 40.2 Å². The third-order valence-electron chi connectivity index (χ3n) is 3.49. The Labute approximate surface area is 158 Å². The summed E-state index contributed by atoms with van der Waals surface area (Å²) in [5.74, 6) is 0.488. The molecule has 1 heterocycles. The lowest BCUT2D eigenvalue weighted by atomic mass is 10.1. The van der Waals surface area contributed by atoms with Crippen molar-refractivity contribution in [3.63, 3.8) is 0 Å². The van der Waals surface area contributed by atoms with E-state index in [4.69, 9.17) is 0 Å². The van der Waals surface area contributed by atoms with E-state index in [0.29, 0.717) is 11.7 Å². The van der Waals surface area contributed by atoms with Crippen molar-refractivity contribution in [1.82, 2.24) is 25.4 Å². The molecule has 1 aromatic heterocycles. The van der Waals surface area contributed by atoms with Crippen LogP contribution in [0.2, 0.25) is 0 Å². The van der Waals surface area contributed by atoms with Crippen LogP contribution in [0.15, 0.2) is 29.4 Å². The molecule has 0 aliphatic carbocycles. The van der Waals surface area contributed by atoms with Crippen LogP contribution in [-0.2, 0) is 11.3 Å². The number of imide groups is 1. The van der Waals surface area contributed by atoms with Crippen LogP contribution in [0.1, 0.15) is 33.3 Å². The Morgan fingerprint density at radius 1 is 1.19 bits per heavy atom. The first-order valence-corrected chi connectivity index (χ1v) is 9.44. The maximum absolute atomic E-state index is 12.0. The summed E-state index contributed by atoms with van der Waals surface area (Å²) in [5.41, 5.74) is 1.73. The standard InChI is InChI=1S/C18H25N5O2S/c1-6-23-15(13-10-8-7-9-12(13)2)21-22-17(23)26-11-14(24)19-16(25)20-18(3,4)5/h7-10H,6,11H2,1-5H3,(H2,19,20,24,25). The van der Waals surface area contributed by atoms with Crippen molar-refractivity contribution in [2.24, 2.45) is 0 Å². The number of benzene rings is 1. The van der Waals surface area contributed by atoms with E-state index >= 15 is 0 Å². The number of carbonyl (C=O) groups is 2. The van der Waals surface area contributed by atoms with Crippen molar-refractivity contribution in [1.29, 1.82) is 0 Å². The highest BCUT2D eigenvalue weighted by atomic mass is 32.2. The molecule has 0 fully saturated rings. The van der Waals surface area contributed by atoms with Gasteiger partial charge in [0.1, 0.15) is 0 Å². The van der Waals surface area contributed by atoms with Crippen LogP contribution in [0.25, 0.3) is 11.4 Å². The quantitative estimate of drug-likeness (QED) is 0.784. The third kappa shape index (κ3) is 5.32. The summed E-state index contributed by atoms with van der Waals surface area (Å²) in [6.07, 6.45) is 0. The Morgan fingerprint density at radius 3 is 2.50 bits per heavy atom. The number of hydrogen-bond acceptors (Lipinski definition) is 5. The molecular formula is C18H25N5O2S. The van der Waals surface area contributed by atoms with Gasteiger partial charge >= 0.3 is 6.03 Å². The fourth-order valence-electron chi connectivity index (χ4n) is 2.37. The van der Waals surface area contributed by atoms with E-state index in [-0.39, 0.29) is 11.7 Å². The minimum absolute atomic E-state index is 0.0868. The molecule has 26 heavy (non-hydrogen) atoms. The Kier molecular flexibility index (Phi) is 6.42. The zero-order valence-electron chi connectivity index (χ0n) is 15.8. The number of amides is 3. The Morgan fingerprint density at radius 2 is 1.88 bits per heavy atom. The van der Waals surface area contributed by atoms with Gasteiger partial charge in [-0.2, -0.15) is 0 Å². The average molecular weight is 375 g/mol. The molecule has 8 heteroatoms. The van der Waals surface area contributed by atoms with E-state index in [0.717, 1.165) is 17.0 Å². The first-order chi connectivity index (χ1) is 12.2. The summed E-state index contributed by atoms with van der Waals surface area (Å²) >= 11 is 1.26. The highest BCUT2D eigenvalue weighted by Gasteiger charge is 2.18. The first-order valence-electron chi connectivity index (χ1n) is 8.45. The third-order valence-corrected chi connectivity index (χ3v) is 4.46. The minimum Gasteiger partial charge on any atom is -0.333 e. The van der Waals surface area contributed by atoms with Gasteiger partial charge in [0.05, 0.1) is 5.75 Å². The molecule has 0 aliphatic rings. The molecule has 0 atom stereocenters. The van der Waals surface area contributed by atoms with Crippen LogP contribution in [0.5, 0.6) is 0 Å². The topological polar surface area (TPSA) is 88.9 Å². The van der Waals surface area contributed by atoms with Crippen LogP contribution < -0.4 is 10.6 Å². The van der Waals surface area contributed by atoms with Crippen LogP contribution in [0.4, 0.5) is 4.79 Å². The second-order valence-corrected chi connectivity index (χ2v) is 7.85. The van der Waals surface area contributed by atoms with Crippen LogP contribution in [0, 0.1) is 6.92 Å². The number of urea groups is 1. The van der Waals surface area contributed by atoms with Crippen molar-refractivity contribution < 1.29 is 9.59 Å². The zero-order chi connectivity index (χ0) is 19.3. The number of carbonyl (C=O) groups excluding carboxylic acids is 2. The van der Waals surface area contributed by atoms with Gasteiger partial charge in [-0.1, -0.05) is 36.0 Å². The highest BCUT2D eigenvalue weighted by molar-refractivity contribution is 7.99. The fraction of sp³-hybridized carbons (Fsp3) is 0.444. The smallest absolute Gasteiger partial charge is 0.321 e. The van der Waals surface area contributed by atoms with E-state index in [2.05, 4.69) is 20.8 Å². The van der Waals surface area contributed by atoms with Crippen molar-refractivity contribution in [3.05, 3.63) is 29.8 Å². The van der Waals surface area contributed by atoms with Crippen molar-refractivity contribution >= 4 is 23.7 Å². The average Bonchev–Trinajstić information content (AvgIpc) is 2.94. The Hall–Kier alpha value is -2.35. The summed E-state index contributed by atoms with van der Waals surface area (Å²) in [6, 6.07) is 7.47. The molecule has 2 aromatic rings. The zero-order valence-corrected chi connectivity index (χ0v) is 16.6. The van der Waals surface area contributed by atoms with Crippen molar-refractivity contribution in [2.75, 3.05) is 5.75 Å². The predicted molar refractivity (Wildman–Crippen MR) is 103 cm³/mol. The second kappa shape index (κ2) is 8.35. The normalized spacial score (nSPS) is 11.3. The highest BCUT2D eigenvalue weighted by Crippen LogP contribution is 2.26. The Balaban J connectivity index is 2.04.